The van der Waals surface area contributed by atoms with Gasteiger partial charge in [-0.1, -0.05) is 20.8 Å². The Morgan fingerprint density at radius 3 is 2.31 bits per heavy atom. The summed E-state index contributed by atoms with van der Waals surface area (Å²) in [6.07, 6.45) is 1.82. The molecule has 2 unspecified atom stereocenters. The Morgan fingerprint density at radius 2 is 2.00 bits per heavy atom. The normalized spacial score (nSPS) is 26.3. The first-order chi connectivity index (χ1) is 6.16. The van der Waals surface area contributed by atoms with Gasteiger partial charge in [0, 0.05) is 13.5 Å². The molecular formula is C10H19NO2. The summed E-state index contributed by atoms with van der Waals surface area (Å²) in [5.74, 6) is 0.336. The molecule has 0 aromatic heterocycles. The summed E-state index contributed by atoms with van der Waals surface area (Å²) in [5, 5.41) is 0. The second-order valence-electron chi connectivity index (χ2n) is 3.11. The molecule has 1 rings (SSSR count). The summed E-state index contributed by atoms with van der Waals surface area (Å²) in [6.45, 7) is 8.25. The molecule has 0 radical (unpaired) electrons. The minimum atomic E-state index is -0.174. The third-order valence-electron chi connectivity index (χ3n) is 2.31. The molecule has 1 aliphatic rings. The van der Waals surface area contributed by atoms with Crippen molar-refractivity contribution in [3.8, 4) is 0 Å². The van der Waals surface area contributed by atoms with Gasteiger partial charge >= 0.3 is 0 Å². The summed E-state index contributed by atoms with van der Waals surface area (Å²) in [5.41, 5.74) is 0. The SMILES string of the molecule is CC.CC(=O)N1CCC(C)C1C=O. The van der Waals surface area contributed by atoms with Gasteiger partial charge in [-0.05, 0) is 12.3 Å². The number of carbonyl (C=O) groups is 2. The zero-order chi connectivity index (χ0) is 10.4. The van der Waals surface area contributed by atoms with Gasteiger partial charge in [-0.15, -0.1) is 0 Å². The second kappa shape index (κ2) is 5.73. The fourth-order valence-electron chi connectivity index (χ4n) is 1.54. The summed E-state index contributed by atoms with van der Waals surface area (Å²) in [7, 11) is 0. The molecule has 1 aliphatic heterocycles. The molecule has 13 heavy (non-hydrogen) atoms. The van der Waals surface area contributed by atoms with Gasteiger partial charge in [-0.2, -0.15) is 0 Å². The molecule has 1 saturated heterocycles. The van der Waals surface area contributed by atoms with Crippen LogP contribution in [0.2, 0.25) is 0 Å². The zero-order valence-electron chi connectivity index (χ0n) is 8.91. The molecule has 1 amide bonds. The fraction of sp³-hybridized carbons (Fsp3) is 0.800. The van der Waals surface area contributed by atoms with Gasteiger partial charge in [0.25, 0.3) is 0 Å². The summed E-state index contributed by atoms with van der Waals surface area (Å²) >= 11 is 0. The molecule has 3 nitrogen and oxygen atoms in total. The molecule has 0 N–H and O–H groups in total. The van der Waals surface area contributed by atoms with Crippen molar-refractivity contribution in [2.24, 2.45) is 5.92 Å². The van der Waals surface area contributed by atoms with E-state index in [0.29, 0.717) is 5.92 Å². The summed E-state index contributed by atoms with van der Waals surface area (Å²) in [4.78, 5) is 23.1. The first-order valence-corrected chi connectivity index (χ1v) is 4.89. The van der Waals surface area contributed by atoms with Crippen LogP contribution in [0.4, 0.5) is 0 Å². The van der Waals surface area contributed by atoms with E-state index in [1.807, 2.05) is 20.8 Å². The van der Waals surface area contributed by atoms with Gasteiger partial charge < -0.3 is 9.69 Å². The van der Waals surface area contributed by atoms with E-state index in [-0.39, 0.29) is 11.9 Å². The molecule has 3 heteroatoms. The topological polar surface area (TPSA) is 37.4 Å². The van der Waals surface area contributed by atoms with Crippen LogP contribution in [0.15, 0.2) is 0 Å². The van der Waals surface area contributed by atoms with Crippen LogP contribution in [0.3, 0.4) is 0 Å². The smallest absolute Gasteiger partial charge is 0.220 e. The number of carbonyl (C=O) groups excluding carboxylic acids is 2. The van der Waals surface area contributed by atoms with Crippen LogP contribution in [0.5, 0.6) is 0 Å². The minimum absolute atomic E-state index is 0.00597. The van der Waals surface area contributed by atoms with Gasteiger partial charge in [-0.3, -0.25) is 4.79 Å². The Balaban J connectivity index is 0.000000671. The van der Waals surface area contributed by atoms with E-state index in [0.717, 1.165) is 19.3 Å². The van der Waals surface area contributed by atoms with Crippen LogP contribution >= 0.6 is 0 Å². The van der Waals surface area contributed by atoms with Crippen molar-refractivity contribution in [3.05, 3.63) is 0 Å². The van der Waals surface area contributed by atoms with Crippen LogP contribution in [-0.2, 0) is 9.59 Å². The maximum Gasteiger partial charge on any atom is 0.220 e. The van der Waals surface area contributed by atoms with Crippen LogP contribution < -0.4 is 0 Å². The van der Waals surface area contributed by atoms with Crippen molar-refractivity contribution in [3.63, 3.8) is 0 Å². The van der Waals surface area contributed by atoms with Gasteiger partial charge in [0.1, 0.15) is 6.29 Å². The second-order valence-corrected chi connectivity index (χ2v) is 3.11. The van der Waals surface area contributed by atoms with E-state index in [2.05, 4.69) is 0 Å². The standard InChI is InChI=1S/C8H13NO2.C2H6/c1-6-3-4-9(7(2)11)8(6)5-10;1-2/h5-6,8H,3-4H2,1-2H3;1-2H3. The van der Waals surface area contributed by atoms with Crippen LogP contribution in [0, 0.1) is 5.92 Å². The first kappa shape index (κ1) is 12.1. The predicted molar refractivity (Wildman–Crippen MR) is 52.4 cm³/mol. The van der Waals surface area contributed by atoms with E-state index < -0.39 is 0 Å². The molecule has 0 aliphatic carbocycles. The molecule has 1 fully saturated rings. The highest BCUT2D eigenvalue weighted by molar-refractivity contribution is 5.78. The number of hydrogen-bond acceptors (Lipinski definition) is 2. The van der Waals surface area contributed by atoms with E-state index in [1.165, 1.54) is 6.92 Å². The number of likely N-dealkylation sites (tertiary alicyclic amines) is 1. The minimum Gasteiger partial charge on any atom is -0.333 e. The van der Waals surface area contributed by atoms with Crippen molar-refractivity contribution in [1.82, 2.24) is 4.90 Å². The largest absolute Gasteiger partial charge is 0.333 e. The number of aldehydes is 1. The van der Waals surface area contributed by atoms with E-state index in [4.69, 9.17) is 0 Å². The summed E-state index contributed by atoms with van der Waals surface area (Å²) in [6, 6.07) is -0.174. The van der Waals surface area contributed by atoms with Gasteiger partial charge in [0.15, 0.2) is 0 Å². The Labute approximate surface area is 80.1 Å². The quantitative estimate of drug-likeness (QED) is 0.580. The average molecular weight is 185 g/mol. The monoisotopic (exact) mass is 185 g/mol. The lowest BCUT2D eigenvalue weighted by molar-refractivity contribution is -0.132. The lowest BCUT2D eigenvalue weighted by Gasteiger charge is -2.19. The van der Waals surface area contributed by atoms with E-state index >= 15 is 0 Å². The highest BCUT2D eigenvalue weighted by Crippen LogP contribution is 2.21. The zero-order valence-corrected chi connectivity index (χ0v) is 8.91. The predicted octanol–water partition coefficient (Wildman–Crippen LogP) is 1.47. The lowest BCUT2D eigenvalue weighted by Crippen LogP contribution is -2.36. The van der Waals surface area contributed by atoms with Gasteiger partial charge in [0.2, 0.25) is 5.91 Å². The first-order valence-electron chi connectivity index (χ1n) is 4.89. The van der Waals surface area contributed by atoms with Crippen molar-refractivity contribution >= 4 is 12.2 Å². The molecule has 0 saturated carbocycles. The molecule has 76 valence electrons. The van der Waals surface area contributed by atoms with Crippen molar-refractivity contribution < 1.29 is 9.59 Å². The van der Waals surface area contributed by atoms with Crippen LogP contribution in [-0.4, -0.2) is 29.7 Å². The third kappa shape index (κ3) is 2.83. The van der Waals surface area contributed by atoms with Crippen molar-refractivity contribution in [1.29, 1.82) is 0 Å². The van der Waals surface area contributed by atoms with Crippen LogP contribution in [0.1, 0.15) is 34.1 Å². The van der Waals surface area contributed by atoms with Crippen molar-refractivity contribution in [2.45, 2.75) is 40.2 Å². The Kier molecular flexibility index (Phi) is 5.35. The van der Waals surface area contributed by atoms with Crippen LogP contribution in [0.25, 0.3) is 0 Å². The number of hydrogen-bond donors (Lipinski definition) is 0. The number of amides is 1. The molecule has 0 bridgehead atoms. The summed E-state index contributed by atoms with van der Waals surface area (Å²) < 4.78 is 0. The average Bonchev–Trinajstić information content (AvgIpc) is 2.50. The Hall–Kier alpha value is -0.860. The molecule has 1 heterocycles. The fourth-order valence-corrected chi connectivity index (χ4v) is 1.54. The highest BCUT2D eigenvalue weighted by Gasteiger charge is 2.31. The highest BCUT2D eigenvalue weighted by atomic mass is 16.2. The number of rotatable bonds is 1. The van der Waals surface area contributed by atoms with E-state index in [1.54, 1.807) is 4.90 Å². The maximum absolute atomic E-state index is 10.9. The molecule has 0 spiro atoms. The van der Waals surface area contributed by atoms with Crippen molar-refractivity contribution in [2.75, 3.05) is 6.54 Å². The Bertz CT molecular complexity index is 180. The maximum atomic E-state index is 10.9. The molecular weight excluding hydrogens is 166 g/mol. The molecule has 0 aromatic carbocycles. The number of nitrogens with zero attached hydrogens (tertiary/aromatic N) is 1. The lowest BCUT2D eigenvalue weighted by atomic mass is 10.0. The molecule has 0 aromatic rings. The molecule has 2 atom stereocenters. The Morgan fingerprint density at radius 1 is 1.46 bits per heavy atom. The van der Waals surface area contributed by atoms with Gasteiger partial charge in [-0.25, -0.2) is 0 Å². The van der Waals surface area contributed by atoms with E-state index in [9.17, 15) is 9.59 Å². The third-order valence-corrected chi connectivity index (χ3v) is 2.31. The van der Waals surface area contributed by atoms with Gasteiger partial charge in [0.05, 0.1) is 6.04 Å².